The second-order valence-corrected chi connectivity index (χ2v) is 7.48. The molecule has 2 aromatic heterocycles. The van der Waals surface area contributed by atoms with Gasteiger partial charge in [-0.15, -0.1) is 0 Å². The van der Waals surface area contributed by atoms with Crippen molar-refractivity contribution in [2.24, 2.45) is 0 Å². The van der Waals surface area contributed by atoms with Gasteiger partial charge in [-0.1, -0.05) is 17.7 Å². The molecule has 0 spiro atoms. The number of hydrogen-bond acceptors (Lipinski definition) is 5. The van der Waals surface area contributed by atoms with E-state index in [1.165, 1.54) is 0 Å². The van der Waals surface area contributed by atoms with E-state index in [1.807, 2.05) is 18.3 Å². The minimum atomic E-state index is -0.643. The Morgan fingerprint density at radius 3 is 3.04 bits per heavy atom. The van der Waals surface area contributed by atoms with E-state index in [-0.39, 0.29) is 11.6 Å². The van der Waals surface area contributed by atoms with Crippen molar-refractivity contribution >= 4 is 28.5 Å². The first-order chi connectivity index (χ1) is 13.6. The second kappa shape index (κ2) is 8.12. The Morgan fingerprint density at radius 1 is 1.32 bits per heavy atom. The standard InChI is InChI=1S/C21H20ClN3O3/c22-16-5-6-19-15(9-16)10-18(21(27)28-19)20(26)24-17-4-2-8-25(13-17)12-14-3-1-7-23-11-14/h1,3,5-7,9-11,17H,2,4,8,12-13H2,(H,24,26). The second-order valence-electron chi connectivity index (χ2n) is 7.04. The molecule has 6 nitrogen and oxygen atoms in total. The van der Waals surface area contributed by atoms with Crippen LogP contribution in [0.5, 0.6) is 0 Å². The molecule has 28 heavy (non-hydrogen) atoms. The van der Waals surface area contributed by atoms with Gasteiger partial charge >= 0.3 is 5.63 Å². The molecule has 1 unspecified atom stereocenters. The average molecular weight is 398 g/mol. The van der Waals surface area contributed by atoms with E-state index >= 15 is 0 Å². The lowest BCUT2D eigenvalue weighted by Gasteiger charge is -2.33. The largest absolute Gasteiger partial charge is 0.422 e. The molecule has 1 aliphatic heterocycles. The molecule has 1 aliphatic rings. The molecular formula is C21H20ClN3O3. The summed E-state index contributed by atoms with van der Waals surface area (Å²) in [6.45, 7) is 2.49. The van der Waals surface area contributed by atoms with Crippen LogP contribution in [-0.4, -0.2) is 34.9 Å². The number of likely N-dealkylation sites (tertiary alicyclic amines) is 1. The van der Waals surface area contributed by atoms with E-state index in [9.17, 15) is 9.59 Å². The van der Waals surface area contributed by atoms with Gasteiger partial charge < -0.3 is 9.73 Å². The number of nitrogens with zero attached hydrogens (tertiary/aromatic N) is 2. The SMILES string of the molecule is O=C(NC1CCCN(Cc2cccnc2)C1)c1cc2cc(Cl)ccc2oc1=O. The Labute approximate surface area is 167 Å². The van der Waals surface area contributed by atoms with Crippen LogP contribution in [0.25, 0.3) is 11.0 Å². The van der Waals surface area contributed by atoms with Crippen LogP contribution < -0.4 is 10.9 Å². The van der Waals surface area contributed by atoms with E-state index in [1.54, 1.807) is 30.5 Å². The molecule has 144 valence electrons. The summed E-state index contributed by atoms with van der Waals surface area (Å²) < 4.78 is 5.27. The molecule has 0 aliphatic carbocycles. The minimum absolute atomic E-state index is 0.000787. The summed E-state index contributed by atoms with van der Waals surface area (Å²) in [5.41, 5.74) is 0.905. The average Bonchev–Trinajstić information content (AvgIpc) is 2.69. The highest BCUT2D eigenvalue weighted by Gasteiger charge is 2.23. The van der Waals surface area contributed by atoms with Gasteiger partial charge in [-0.3, -0.25) is 14.7 Å². The zero-order chi connectivity index (χ0) is 19.5. The monoisotopic (exact) mass is 397 g/mol. The number of carbonyl (C=O) groups is 1. The summed E-state index contributed by atoms with van der Waals surface area (Å²) in [4.78, 5) is 31.4. The maximum absolute atomic E-state index is 12.7. The lowest BCUT2D eigenvalue weighted by atomic mass is 10.0. The normalized spacial score (nSPS) is 17.5. The van der Waals surface area contributed by atoms with Gasteiger partial charge in [0.25, 0.3) is 5.91 Å². The van der Waals surface area contributed by atoms with Crippen LogP contribution in [0.2, 0.25) is 5.02 Å². The van der Waals surface area contributed by atoms with Crippen LogP contribution in [0.15, 0.2) is 58.0 Å². The third-order valence-electron chi connectivity index (χ3n) is 4.91. The number of aromatic nitrogens is 1. The Hall–Kier alpha value is -2.70. The van der Waals surface area contributed by atoms with Gasteiger partial charge in [0.15, 0.2) is 0 Å². The summed E-state index contributed by atoms with van der Waals surface area (Å²) in [6.07, 6.45) is 5.46. The van der Waals surface area contributed by atoms with Crippen molar-refractivity contribution in [1.29, 1.82) is 0 Å². The first kappa shape index (κ1) is 18.7. The van der Waals surface area contributed by atoms with Crippen molar-refractivity contribution in [2.75, 3.05) is 13.1 Å². The van der Waals surface area contributed by atoms with E-state index in [0.717, 1.165) is 38.0 Å². The van der Waals surface area contributed by atoms with E-state index < -0.39 is 11.5 Å². The fraction of sp³-hybridized carbons (Fsp3) is 0.286. The molecule has 4 rings (SSSR count). The Balaban J connectivity index is 1.46. The Morgan fingerprint density at radius 2 is 2.21 bits per heavy atom. The lowest BCUT2D eigenvalue weighted by molar-refractivity contribution is 0.0897. The summed E-state index contributed by atoms with van der Waals surface area (Å²) in [6, 6.07) is 10.4. The number of rotatable bonds is 4. The molecule has 0 saturated carbocycles. The van der Waals surface area contributed by atoms with Crippen molar-refractivity contribution in [2.45, 2.75) is 25.4 Å². The van der Waals surface area contributed by atoms with Crippen LogP contribution in [0.4, 0.5) is 0 Å². The third kappa shape index (κ3) is 4.24. The molecule has 0 bridgehead atoms. The first-order valence-electron chi connectivity index (χ1n) is 9.24. The van der Waals surface area contributed by atoms with E-state index in [0.29, 0.717) is 16.0 Å². The molecule has 1 aromatic carbocycles. The van der Waals surface area contributed by atoms with Crippen molar-refractivity contribution in [3.63, 3.8) is 0 Å². The van der Waals surface area contributed by atoms with Crippen LogP contribution >= 0.6 is 11.6 Å². The number of pyridine rings is 1. The molecule has 3 aromatic rings. The first-order valence-corrected chi connectivity index (χ1v) is 9.62. The number of benzene rings is 1. The highest BCUT2D eigenvalue weighted by molar-refractivity contribution is 6.31. The van der Waals surface area contributed by atoms with Crippen molar-refractivity contribution in [3.05, 3.63) is 75.4 Å². The molecule has 1 fully saturated rings. The van der Waals surface area contributed by atoms with Crippen LogP contribution in [-0.2, 0) is 6.54 Å². The van der Waals surface area contributed by atoms with E-state index in [4.69, 9.17) is 16.0 Å². The molecule has 1 saturated heterocycles. The quantitative estimate of drug-likeness (QED) is 0.684. The molecule has 1 amide bonds. The molecule has 1 atom stereocenters. The summed E-state index contributed by atoms with van der Waals surface area (Å²) in [7, 11) is 0. The molecule has 7 heteroatoms. The number of amides is 1. The number of fused-ring (bicyclic) bond motifs is 1. The van der Waals surface area contributed by atoms with Crippen LogP contribution in [0, 0.1) is 0 Å². The number of nitrogens with one attached hydrogen (secondary N) is 1. The topological polar surface area (TPSA) is 75.4 Å². The van der Waals surface area contributed by atoms with Crippen LogP contribution in [0.3, 0.4) is 0 Å². The lowest BCUT2D eigenvalue weighted by Crippen LogP contribution is -2.48. The third-order valence-corrected chi connectivity index (χ3v) is 5.14. The molecule has 1 N–H and O–H groups in total. The van der Waals surface area contributed by atoms with Gasteiger partial charge in [0.2, 0.25) is 0 Å². The molecule has 3 heterocycles. The fourth-order valence-corrected chi connectivity index (χ4v) is 3.76. The van der Waals surface area contributed by atoms with Crippen molar-refractivity contribution in [3.8, 4) is 0 Å². The van der Waals surface area contributed by atoms with Gasteiger partial charge in [-0.25, -0.2) is 4.79 Å². The van der Waals surface area contributed by atoms with Crippen LogP contribution in [0.1, 0.15) is 28.8 Å². The molecular weight excluding hydrogens is 378 g/mol. The zero-order valence-electron chi connectivity index (χ0n) is 15.2. The highest BCUT2D eigenvalue weighted by Crippen LogP contribution is 2.19. The maximum Gasteiger partial charge on any atom is 0.349 e. The van der Waals surface area contributed by atoms with Gasteiger partial charge in [0.1, 0.15) is 11.1 Å². The molecule has 0 radical (unpaired) electrons. The smallest absolute Gasteiger partial charge is 0.349 e. The van der Waals surface area contributed by atoms with E-state index in [2.05, 4.69) is 15.2 Å². The predicted octanol–water partition coefficient (Wildman–Crippen LogP) is 3.24. The minimum Gasteiger partial charge on any atom is -0.422 e. The van der Waals surface area contributed by atoms with Crippen molar-refractivity contribution in [1.82, 2.24) is 15.2 Å². The number of hydrogen-bond donors (Lipinski definition) is 1. The highest BCUT2D eigenvalue weighted by atomic mass is 35.5. The fourth-order valence-electron chi connectivity index (χ4n) is 3.58. The van der Waals surface area contributed by atoms with Gasteiger partial charge in [-0.05, 0) is 55.3 Å². The van der Waals surface area contributed by atoms with Gasteiger partial charge in [0.05, 0.1) is 0 Å². The van der Waals surface area contributed by atoms with Gasteiger partial charge in [0, 0.05) is 41.9 Å². The maximum atomic E-state index is 12.7. The summed E-state index contributed by atoms with van der Waals surface area (Å²) in [5, 5.41) is 4.13. The summed E-state index contributed by atoms with van der Waals surface area (Å²) >= 11 is 6.00. The zero-order valence-corrected chi connectivity index (χ0v) is 16.0. The van der Waals surface area contributed by atoms with Crippen molar-refractivity contribution < 1.29 is 9.21 Å². The number of carbonyl (C=O) groups excluding carboxylic acids is 1. The number of piperidine rings is 1. The number of halogens is 1. The Bertz CT molecular complexity index is 1050. The summed E-state index contributed by atoms with van der Waals surface area (Å²) in [5.74, 6) is -0.413. The van der Waals surface area contributed by atoms with Gasteiger partial charge in [-0.2, -0.15) is 0 Å². The Kier molecular flexibility index (Phi) is 5.41. The predicted molar refractivity (Wildman–Crippen MR) is 107 cm³/mol.